The Hall–Kier alpha value is -6.38. The van der Waals surface area contributed by atoms with Crippen molar-refractivity contribution in [3.05, 3.63) is 115 Å². The number of aromatic nitrogens is 4. The Morgan fingerprint density at radius 2 is 1.83 bits per heavy atom. The SMILES string of the molecule is C/C(=C\N(C)N(C=O)c1ccc(F)cc1)C(=O)Nc1ccc(Oc2ncnc3oc(-c4cnn(C)c4)c(-c4cccc(CN5CCNCC5)c4)c23)cc1. The highest BCUT2D eigenvalue weighted by atomic mass is 19.1. The van der Waals surface area contributed by atoms with Gasteiger partial charge >= 0.3 is 0 Å². The normalized spacial score (nSPS) is 13.5. The largest absolute Gasteiger partial charge is 0.438 e. The first kappa shape index (κ1) is 35.0. The van der Waals surface area contributed by atoms with Crippen LogP contribution < -0.4 is 20.4 Å². The average molecular weight is 716 g/mol. The molecule has 0 radical (unpaired) electrons. The minimum atomic E-state index is -0.418. The molecule has 0 spiro atoms. The third kappa shape index (κ3) is 7.93. The zero-order chi connectivity index (χ0) is 36.9. The van der Waals surface area contributed by atoms with Crippen molar-refractivity contribution in [3.63, 3.8) is 0 Å². The maximum absolute atomic E-state index is 13.4. The standard InChI is InChI=1S/C39H38FN9O4/c1-26(21-47(3)49(25-50)32-11-7-30(40)8-12-32)37(51)45-31-9-13-33(14-10-31)52-38-35-34(28-6-4-5-27(19-28)22-48-17-15-41-16-18-48)36(29-20-44-46(2)23-29)53-39(35)43-24-42-38/h4-14,19-21,23-25,41H,15-18,22H2,1-3H3,(H,45,51)/b26-21+. The van der Waals surface area contributed by atoms with Gasteiger partial charge in [-0.3, -0.25) is 24.2 Å². The number of amides is 2. The molecule has 1 saturated heterocycles. The third-order valence-electron chi connectivity index (χ3n) is 8.85. The van der Waals surface area contributed by atoms with Crippen molar-refractivity contribution in [2.24, 2.45) is 7.05 Å². The number of ether oxygens (including phenoxy) is 1. The van der Waals surface area contributed by atoms with Crippen molar-refractivity contribution >= 4 is 34.8 Å². The summed E-state index contributed by atoms with van der Waals surface area (Å²) in [6.07, 6.45) is 7.14. The molecule has 2 amide bonds. The first-order chi connectivity index (χ1) is 25.7. The van der Waals surface area contributed by atoms with Gasteiger partial charge in [-0.1, -0.05) is 18.2 Å². The number of hydrogen-bond acceptors (Lipinski definition) is 10. The van der Waals surface area contributed by atoms with E-state index >= 15 is 0 Å². The van der Waals surface area contributed by atoms with Crippen molar-refractivity contribution in [1.29, 1.82) is 0 Å². The molecule has 0 saturated carbocycles. The second kappa shape index (κ2) is 15.5. The Balaban J connectivity index is 1.13. The van der Waals surface area contributed by atoms with Crippen LogP contribution in [-0.2, 0) is 23.2 Å². The topological polar surface area (TPSA) is 134 Å². The van der Waals surface area contributed by atoms with E-state index in [0.717, 1.165) is 49.4 Å². The number of halogens is 1. The van der Waals surface area contributed by atoms with E-state index in [1.165, 1.54) is 52.4 Å². The number of nitrogens with one attached hydrogen (secondary N) is 2. The molecular formula is C39H38FN9O4. The quantitative estimate of drug-likeness (QED) is 0.0886. The molecule has 0 unspecified atom stereocenters. The van der Waals surface area contributed by atoms with E-state index in [9.17, 15) is 14.0 Å². The van der Waals surface area contributed by atoms with Crippen LogP contribution in [0.4, 0.5) is 15.8 Å². The summed E-state index contributed by atoms with van der Waals surface area (Å²) in [5, 5.41) is 14.0. The summed E-state index contributed by atoms with van der Waals surface area (Å²) in [6, 6.07) is 20.8. The molecule has 0 aliphatic carbocycles. The van der Waals surface area contributed by atoms with Crippen LogP contribution in [0.3, 0.4) is 0 Å². The highest BCUT2D eigenvalue weighted by molar-refractivity contribution is 6.04. The summed E-state index contributed by atoms with van der Waals surface area (Å²) >= 11 is 0. The molecule has 4 heterocycles. The predicted molar refractivity (Wildman–Crippen MR) is 199 cm³/mol. The summed E-state index contributed by atoms with van der Waals surface area (Å²) in [4.78, 5) is 36.3. The molecule has 3 aromatic heterocycles. The first-order valence-corrected chi connectivity index (χ1v) is 17.0. The minimum absolute atomic E-state index is 0.316. The molecule has 3 aromatic carbocycles. The Morgan fingerprint density at radius 3 is 2.55 bits per heavy atom. The molecule has 1 aliphatic rings. The Kier molecular flexibility index (Phi) is 10.2. The smallest absolute Gasteiger partial charge is 0.252 e. The molecule has 0 bridgehead atoms. The number of fused-ring (bicyclic) bond motifs is 1. The molecule has 7 rings (SSSR count). The van der Waals surface area contributed by atoms with Crippen LogP contribution in [0.1, 0.15) is 12.5 Å². The lowest BCUT2D eigenvalue weighted by Crippen LogP contribution is -2.42. The molecule has 1 fully saturated rings. The molecule has 13 nitrogen and oxygen atoms in total. The number of carbonyl (C=O) groups is 2. The molecule has 1 aliphatic heterocycles. The number of rotatable bonds is 12. The van der Waals surface area contributed by atoms with Crippen LogP contribution in [0, 0.1) is 5.82 Å². The molecule has 270 valence electrons. The number of furan rings is 1. The molecule has 14 heteroatoms. The van der Waals surface area contributed by atoms with Gasteiger partial charge in [0.1, 0.15) is 29.0 Å². The van der Waals surface area contributed by atoms with Crippen molar-refractivity contribution in [3.8, 4) is 34.1 Å². The zero-order valence-electron chi connectivity index (χ0n) is 29.5. The zero-order valence-corrected chi connectivity index (χ0v) is 29.5. The van der Waals surface area contributed by atoms with Gasteiger partial charge in [0, 0.05) is 76.0 Å². The third-order valence-corrected chi connectivity index (χ3v) is 8.85. The number of aryl methyl sites for hydroxylation is 1. The summed E-state index contributed by atoms with van der Waals surface area (Å²) < 4.78 is 27.9. The van der Waals surface area contributed by atoms with Gasteiger partial charge in [0.05, 0.1) is 17.4 Å². The van der Waals surface area contributed by atoms with Gasteiger partial charge in [0.2, 0.25) is 18.0 Å². The van der Waals surface area contributed by atoms with Crippen molar-refractivity contribution in [2.45, 2.75) is 13.5 Å². The van der Waals surface area contributed by atoms with Crippen molar-refractivity contribution < 1.29 is 23.1 Å². The highest BCUT2D eigenvalue weighted by Crippen LogP contribution is 2.44. The fraction of sp³-hybridized carbons (Fsp3) is 0.205. The average Bonchev–Trinajstić information content (AvgIpc) is 3.78. The number of nitrogens with zero attached hydrogens (tertiary/aromatic N) is 7. The lowest BCUT2D eigenvalue weighted by atomic mass is 9.98. The van der Waals surface area contributed by atoms with Crippen molar-refractivity contribution in [1.82, 2.24) is 35.0 Å². The van der Waals surface area contributed by atoms with Gasteiger partial charge in [-0.05, 0) is 72.6 Å². The van der Waals surface area contributed by atoms with Crippen molar-refractivity contribution in [2.75, 3.05) is 43.6 Å². The highest BCUT2D eigenvalue weighted by Gasteiger charge is 2.25. The number of piperazine rings is 1. The maximum atomic E-state index is 13.4. The molecule has 0 atom stereocenters. The van der Waals surface area contributed by atoms with Gasteiger partial charge in [-0.25, -0.2) is 19.4 Å². The van der Waals surface area contributed by atoms with Crippen LogP contribution in [0.2, 0.25) is 0 Å². The summed E-state index contributed by atoms with van der Waals surface area (Å²) in [7, 11) is 3.47. The van der Waals surface area contributed by atoms with Crippen LogP contribution in [0.15, 0.2) is 108 Å². The fourth-order valence-electron chi connectivity index (χ4n) is 6.21. The summed E-state index contributed by atoms with van der Waals surface area (Å²) in [6.45, 7) is 6.37. The van der Waals surface area contributed by atoms with E-state index in [4.69, 9.17) is 9.15 Å². The minimum Gasteiger partial charge on any atom is -0.438 e. The second-order valence-corrected chi connectivity index (χ2v) is 12.7. The van der Waals surface area contributed by atoms with Crippen LogP contribution in [0.25, 0.3) is 33.6 Å². The fourth-order valence-corrected chi connectivity index (χ4v) is 6.21. The van der Waals surface area contributed by atoms with Crippen LogP contribution >= 0.6 is 0 Å². The van der Waals surface area contributed by atoms with E-state index in [0.29, 0.717) is 51.8 Å². The van der Waals surface area contributed by atoms with E-state index in [-0.39, 0.29) is 5.91 Å². The van der Waals surface area contributed by atoms with Gasteiger partial charge in [0.25, 0.3) is 5.91 Å². The van der Waals surface area contributed by atoms with E-state index in [1.54, 1.807) is 49.1 Å². The monoisotopic (exact) mass is 715 g/mol. The number of hydrazine groups is 1. The van der Waals surface area contributed by atoms with E-state index in [1.807, 2.05) is 19.3 Å². The maximum Gasteiger partial charge on any atom is 0.252 e. The number of anilines is 2. The Morgan fingerprint density at radius 1 is 1.06 bits per heavy atom. The Bertz CT molecular complexity index is 2260. The lowest BCUT2D eigenvalue weighted by Gasteiger charge is -2.27. The van der Waals surface area contributed by atoms with Gasteiger partial charge in [-0.15, -0.1) is 0 Å². The lowest BCUT2D eigenvalue weighted by molar-refractivity contribution is -0.113. The second-order valence-electron chi connectivity index (χ2n) is 12.7. The number of benzene rings is 3. The van der Waals surface area contributed by atoms with Gasteiger partial charge in [0.15, 0.2) is 0 Å². The Labute approximate surface area is 305 Å². The first-order valence-electron chi connectivity index (χ1n) is 17.0. The van der Waals surface area contributed by atoms with Crippen LogP contribution in [0.5, 0.6) is 11.6 Å². The van der Waals surface area contributed by atoms with Gasteiger partial charge < -0.3 is 19.8 Å². The molecule has 6 aromatic rings. The van der Waals surface area contributed by atoms with E-state index in [2.05, 4.69) is 48.8 Å². The molecule has 53 heavy (non-hydrogen) atoms. The molecular weight excluding hydrogens is 677 g/mol. The number of carbonyl (C=O) groups excluding carboxylic acids is 2. The van der Waals surface area contributed by atoms with E-state index < -0.39 is 5.82 Å². The van der Waals surface area contributed by atoms with Crippen LogP contribution in [-0.4, -0.2) is 75.2 Å². The summed E-state index contributed by atoms with van der Waals surface area (Å²) in [5.41, 5.74) is 5.40. The predicted octanol–water partition coefficient (Wildman–Crippen LogP) is 5.98. The molecule has 2 N–H and O–H groups in total. The number of hydrogen-bond donors (Lipinski definition) is 2. The van der Waals surface area contributed by atoms with Gasteiger partial charge in [-0.2, -0.15) is 5.10 Å². The summed E-state index contributed by atoms with van der Waals surface area (Å²) in [5.74, 6) is 0.616.